The van der Waals surface area contributed by atoms with E-state index in [0.29, 0.717) is 38.0 Å². The van der Waals surface area contributed by atoms with Gasteiger partial charge in [0.2, 0.25) is 23.6 Å². The Labute approximate surface area is 331 Å². The summed E-state index contributed by atoms with van der Waals surface area (Å²) in [7, 11) is 1.49. The van der Waals surface area contributed by atoms with E-state index in [4.69, 9.17) is 9.47 Å². The molecule has 13 heteroatoms. The second-order valence-corrected chi connectivity index (χ2v) is 14.6. The quantitative estimate of drug-likeness (QED) is 0.247. The predicted molar refractivity (Wildman–Crippen MR) is 211 cm³/mol. The summed E-state index contributed by atoms with van der Waals surface area (Å²) in [4.78, 5) is 72.2. The second-order valence-electron chi connectivity index (χ2n) is 14.6. The number of amides is 5. The standard InChI is InChI=1S/C44H48FN5O7/c1-49-27-39(51)47-35(23-31-11-4-2-5-12-31)29-57-38-18-9-8-17-36(38)42(54)48-37(25-40(52)50(28-41(49)53)26-32-13-6-3-7-14-32)43(55)46-30-44(19-21-56-22-20-44)33-15-10-16-34(45)24-33/h2-18,24,35,37H,19-23,25-30H2,1H3,(H,46,55)(H,47,51)(H,48,54)/t35-,37+/m1/s1. The molecule has 0 radical (unpaired) electrons. The Hall–Kier alpha value is -6.08. The van der Waals surface area contributed by atoms with Crippen LogP contribution in [0.25, 0.3) is 0 Å². The molecular formula is C44H48FN5O7. The lowest BCUT2D eigenvalue weighted by Gasteiger charge is -2.38. The van der Waals surface area contributed by atoms with Crippen LogP contribution in [0, 0.1) is 5.82 Å². The average molecular weight is 778 g/mol. The molecule has 2 heterocycles. The molecule has 0 saturated carbocycles. The Kier molecular flexibility index (Phi) is 13.7. The van der Waals surface area contributed by atoms with Crippen molar-refractivity contribution >= 4 is 29.5 Å². The highest BCUT2D eigenvalue weighted by atomic mass is 19.1. The summed E-state index contributed by atoms with van der Waals surface area (Å²) in [5.41, 5.74) is 1.85. The van der Waals surface area contributed by atoms with Gasteiger partial charge in [0.15, 0.2) is 0 Å². The van der Waals surface area contributed by atoms with Gasteiger partial charge in [-0.05, 0) is 60.2 Å². The van der Waals surface area contributed by atoms with Gasteiger partial charge in [0.1, 0.15) is 30.8 Å². The van der Waals surface area contributed by atoms with E-state index in [-0.39, 0.29) is 44.1 Å². The Bertz CT molecular complexity index is 2030. The summed E-state index contributed by atoms with van der Waals surface area (Å²) in [5.74, 6) is -2.98. The van der Waals surface area contributed by atoms with Crippen LogP contribution in [0.2, 0.25) is 0 Å². The van der Waals surface area contributed by atoms with Crippen LogP contribution in [-0.4, -0.2) is 97.9 Å². The molecule has 1 saturated heterocycles. The third kappa shape index (κ3) is 11.0. The van der Waals surface area contributed by atoms with Crippen molar-refractivity contribution in [3.63, 3.8) is 0 Å². The fraction of sp³-hybridized carbons (Fsp3) is 0.341. The number of fused-ring (bicyclic) bond motifs is 1. The van der Waals surface area contributed by atoms with E-state index in [1.807, 2.05) is 66.7 Å². The monoisotopic (exact) mass is 777 g/mol. The van der Waals surface area contributed by atoms with Crippen LogP contribution in [0.5, 0.6) is 5.75 Å². The van der Waals surface area contributed by atoms with Crippen molar-refractivity contribution in [2.24, 2.45) is 0 Å². The Morgan fingerprint density at radius 3 is 2.23 bits per heavy atom. The summed E-state index contributed by atoms with van der Waals surface area (Å²) >= 11 is 0. The van der Waals surface area contributed by atoms with Gasteiger partial charge in [0.05, 0.1) is 24.6 Å². The molecule has 4 aromatic rings. The van der Waals surface area contributed by atoms with E-state index in [1.165, 1.54) is 29.0 Å². The molecule has 6 rings (SSSR count). The van der Waals surface area contributed by atoms with Crippen molar-refractivity contribution in [3.05, 3.63) is 137 Å². The van der Waals surface area contributed by atoms with Gasteiger partial charge in [-0.1, -0.05) is 84.9 Å². The van der Waals surface area contributed by atoms with Gasteiger partial charge in [-0.2, -0.15) is 0 Å². The first kappa shape index (κ1) is 40.6. The van der Waals surface area contributed by atoms with Gasteiger partial charge >= 0.3 is 0 Å². The molecular weight excluding hydrogens is 730 g/mol. The molecule has 2 aliphatic heterocycles. The zero-order chi connectivity index (χ0) is 40.2. The SMILES string of the molecule is CN1CC(=O)N[C@H](Cc2ccccc2)COc2ccccc2C(=O)N[C@H](C(=O)NCC2(c3cccc(F)c3)CCOCC2)CC(=O)N(Cc2ccccc2)CC1=O. The van der Waals surface area contributed by atoms with E-state index in [9.17, 15) is 28.4 Å². The van der Waals surface area contributed by atoms with E-state index in [0.717, 1.165) is 11.1 Å². The molecule has 298 valence electrons. The minimum atomic E-state index is -1.38. The number of halogens is 1. The number of carbonyl (C=O) groups excluding carboxylic acids is 5. The number of para-hydroxylation sites is 1. The first-order valence-corrected chi connectivity index (χ1v) is 19.1. The van der Waals surface area contributed by atoms with E-state index >= 15 is 0 Å². The topological polar surface area (TPSA) is 146 Å². The molecule has 0 aromatic heterocycles. The third-order valence-electron chi connectivity index (χ3n) is 10.5. The van der Waals surface area contributed by atoms with E-state index in [2.05, 4.69) is 16.0 Å². The van der Waals surface area contributed by atoms with Gasteiger partial charge in [-0.15, -0.1) is 0 Å². The molecule has 3 N–H and O–H groups in total. The highest BCUT2D eigenvalue weighted by Gasteiger charge is 2.37. The van der Waals surface area contributed by atoms with Crippen molar-refractivity contribution in [2.75, 3.05) is 46.5 Å². The zero-order valence-corrected chi connectivity index (χ0v) is 32.0. The van der Waals surface area contributed by atoms with Gasteiger partial charge in [-0.25, -0.2) is 4.39 Å². The lowest BCUT2D eigenvalue weighted by molar-refractivity contribution is -0.142. The molecule has 1 fully saturated rings. The molecule has 0 aliphatic carbocycles. The van der Waals surface area contributed by atoms with Crippen molar-refractivity contribution < 1.29 is 37.8 Å². The maximum absolute atomic E-state index is 14.4. The van der Waals surface area contributed by atoms with Crippen molar-refractivity contribution in [1.82, 2.24) is 25.8 Å². The molecule has 0 bridgehead atoms. The Balaban J connectivity index is 1.32. The number of hydrogen-bond acceptors (Lipinski definition) is 7. The number of rotatable bonds is 8. The summed E-state index contributed by atoms with van der Waals surface area (Å²) in [6, 6.07) is 29.5. The third-order valence-corrected chi connectivity index (χ3v) is 10.5. The number of ether oxygens (including phenoxy) is 2. The molecule has 2 atom stereocenters. The lowest BCUT2D eigenvalue weighted by atomic mass is 9.74. The molecule has 4 aromatic carbocycles. The van der Waals surface area contributed by atoms with Crippen LogP contribution in [0.1, 0.15) is 46.3 Å². The highest BCUT2D eigenvalue weighted by molar-refractivity contribution is 6.01. The zero-order valence-electron chi connectivity index (χ0n) is 32.0. The fourth-order valence-corrected chi connectivity index (χ4v) is 7.19. The van der Waals surface area contributed by atoms with Crippen LogP contribution >= 0.6 is 0 Å². The van der Waals surface area contributed by atoms with Gasteiger partial charge in [-0.3, -0.25) is 24.0 Å². The first-order valence-electron chi connectivity index (χ1n) is 19.1. The normalized spacial score (nSPS) is 19.7. The number of hydrogen-bond donors (Lipinski definition) is 3. The van der Waals surface area contributed by atoms with Crippen LogP contribution in [0.4, 0.5) is 4.39 Å². The summed E-state index contributed by atoms with van der Waals surface area (Å²) in [5, 5.41) is 8.72. The maximum atomic E-state index is 14.4. The fourth-order valence-electron chi connectivity index (χ4n) is 7.19. The summed E-state index contributed by atoms with van der Waals surface area (Å²) in [6.07, 6.45) is 0.949. The lowest BCUT2D eigenvalue weighted by Crippen LogP contribution is -2.53. The molecule has 5 amide bonds. The maximum Gasteiger partial charge on any atom is 0.255 e. The van der Waals surface area contributed by atoms with E-state index < -0.39 is 59.3 Å². The first-order chi connectivity index (χ1) is 27.6. The number of benzene rings is 4. The molecule has 2 aliphatic rings. The van der Waals surface area contributed by atoms with Crippen LogP contribution in [0.15, 0.2) is 109 Å². The predicted octanol–water partition coefficient (Wildman–Crippen LogP) is 3.79. The molecule has 12 nitrogen and oxygen atoms in total. The molecule has 0 spiro atoms. The highest BCUT2D eigenvalue weighted by Crippen LogP contribution is 2.34. The van der Waals surface area contributed by atoms with Crippen molar-refractivity contribution in [3.8, 4) is 5.75 Å². The van der Waals surface area contributed by atoms with Crippen LogP contribution in [-0.2, 0) is 42.3 Å². The van der Waals surface area contributed by atoms with E-state index in [1.54, 1.807) is 30.3 Å². The Morgan fingerprint density at radius 1 is 0.825 bits per heavy atom. The minimum absolute atomic E-state index is 0.0122. The minimum Gasteiger partial charge on any atom is -0.491 e. The average Bonchev–Trinajstić information content (AvgIpc) is 3.22. The number of nitrogens with zero attached hydrogens (tertiary/aromatic N) is 2. The van der Waals surface area contributed by atoms with Gasteiger partial charge in [0, 0.05) is 38.8 Å². The molecule has 57 heavy (non-hydrogen) atoms. The smallest absolute Gasteiger partial charge is 0.255 e. The number of likely N-dealkylation sites (N-methyl/N-ethyl adjacent to an activating group) is 1. The Morgan fingerprint density at radius 2 is 1.51 bits per heavy atom. The molecule has 0 unspecified atom stereocenters. The van der Waals surface area contributed by atoms with Gasteiger partial charge < -0.3 is 35.2 Å². The second kappa shape index (κ2) is 19.2. The van der Waals surface area contributed by atoms with Gasteiger partial charge in [0.25, 0.3) is 5.91 Å². The van der Waals surface area contributed by atoms with Crippen molar-refractivity contribution in [2.45, 2.75) is 49.7 Å². The van der Waals surface area contributed by atoms with Crippen molar-refractivity contribution in [1.29, 1.82) is 0 Å². The number of nitrogens with one attached hydrogen (secondary N) is 3. The number of carbonyl (C=O) groups is 5. The summed E-state index contributed by atoms with van der Waals surface area (Å²) in [6.45, 7) is 0.269. The summed E-state index contributed by atoms with van der Waals surface area (Å²) < 4.78 is 26.3. The van der Waals surface area contributed by atoms with Crippen LogP contribution in [0.3, 0.4) is 0 Å². The van der Waals surface area contributed by atoms with Crippen LogP contribution < -0.4 is 20.7 Å². The largest absolute Gasteiger partial charge is 0.491 e.